The third-order valence-electron chi connectivity index (χ3n) is 1.86. The summed E-state index contributed by atoms with van der Waals surface area (Å²) in [5, 5.41) is 0.629. The Morgan fingerprint density at radius 1 is 1.33 bits per heavy atom. The smallest absolute Gasteiger partial charge is 0.251 e. The molecule has 0 atom stereocenters. The van der Waals surface area contributed by atoms with Gasteiger partial charge in [0.2, 0.25) is 0 Å². The first-order valence-electron chi connectivity index (χ1n) is 4.17. The molecule has 0 unspecified atom stereocenters. The van der Waals surface area contributed by atoms with Crippen LogP contribution < -0.4 is 5.56 Å². The zero-order chi connectivity index (χ0) is 10.8. The van der Waals surface area contributed by atoms with Crippen molar-refractivity contribution in [3.63, 3.8) is 0 Å². The average molecular weight is 286 g/mol. The normalized spacial score (nSPS) is 10.3. The molecule has 1 aromatic carbocycles. The molecule has 3 nitrogen and oxygen atoms in total. The van der Waals surface area contributed by atoms with E-state index >= 15 is 0 Å². The number of benzene rings is 1. The predicted octanol–water partition coefficient (Wildman–Crippen LogP) is 2.85. The third-order valence-corrected chi connectivity index (χ3v) is 2.75. The summed E-state index contributed by atoms with van der Waals surface area (Å²) >= 11 is 9.18. The molecule has 1 aromatic heterocycles. The lowest BCUT2D eigenvalue weighted by molar-refractivity contribution is 1.13. The SMILES string of the molecule is O=c1ccnc(-c2ccc(Cl)cc2Br)[nH]1. The van der Waals surface area contributed by atoms with Crippen LogP contribution in [0, 0.1) is 0 Å². The Morgan fingerprint density at radius 3 is 2.80 bits per heavy atom. The molecule has 0 aliphatic rings. The van der Waals surface area contributed by atoms with E-state index < -0.39 is 0 Å². The molecule has 0 fully saturated rings. The number of nitrogens with one attached hydrogen (secondary N) is 1. The fourth-order valence-electron chi connectivity index (χ4n) is 1.19. The van der Waals surface area contributed by atoms with Gasteiger partial charge < -0.3 is 4.98 Å². The van der Waals surface area contributed by atoms with Crippen LogP contribution in [0.4, 0.5) is 0 Å². The average Bonchev–Trinajstić information content (AvgIpc) is 2.17. The van der Waals surface area contributed by atoms with Crippen LogP contribution in [0.1, 0.15) is 0 Å². The van der Waals surface area contributed by atoms with Gasteiger partial charge in [-0.2, -0.15) is 0 Å². The fraction of sp³-hybridized carbons (Fsp3) is 0. The van der Waals surface area contributed by atoms with Gasteiger partial charge in [0.05, 0.1) is 0 Å². The number of hydrogen-bond acceptors (Lipinski definition) is 2. The third kappa shape index (κ3) is 2.27. The summed E-state index contributed by atoms with van der Waals surface area (Å²) in [4.78, 5) is 17.8. The molecule has 0 saturated carbocycles. The number of hydrogen-bond donors (Lipinski definition) is 1. The molecule has 5 heteroatoms. The Morgan fingerprint density at radius 2 is 2.13 bits per heavy atom. The van der Waals surface area contributed by atoms with Gasteiger partial charge in [-0.05, 0) is 34.1 Å². The first kappa shape index (κ1) is 10.4. The summed E-state index contributed by atoms with van der Waals surface area (Å²) in [6, 6.07) is 6.66. The summed E-state index contributed by atoms with van der Waals surface area (Å²) in [5.41, 5.74) is 0.624. The quantitative estimate of drug-likeness (QED) is 0.876. The van der Waals surface area contributed by atoms with Gasteiger partial charge in [-0.3, -0.25) is 4.79 Å². The molecular formula is C10H6BrClN2O. The topological polar surface area (TPSA) is 45.8 Å². The van der Waals surface area contributed by atoms with Crippen LogP contribution in [0.15, 0.2) is 39.7 Å². The van der Waals surface area contributed by atoms with Crippen LogP contribution in [-0.4, -0.2) is 9.97 Å². The molecule has 15 heavy (non-hydrogen) atoms. The largest absolute Gasteiger partial charge is 0.307 e. The molecule has 76 valence electrons. The van der Waals surface area contributed by atoms with E-state index in [1.165, 1.54) is 12.3 Å². The lowest BCUT2D eigenvalue weighted by atomic mass is 10.2. The minimum absolute atomic E-state index is 0.179. The van der Waals surface area contributed by atoms with Crippen molar-refractivity contribution in [3.8, 4) is 11.4 Å². The van der Waals surface area contributed by atoms with Crippen molar-refractivity contribution >= 4 is 27.5 Å². The summed E-state index contributed by atoms with van der Waals surface area (Å²) in [7, 11) is 0. The van der Waals surface area contributed by atoms with Gasteiger partial charge in [0.15, 0.2) is 0 Å². The van der Waals surface area contributed by atoms with Gasteiger partial charge in [0.1, 0.15) is 5.82 Å². The maximum Gasteiger partial charge on any atom is 0.251 e. The number of aromatic amines is 1. The Kier molecular flexibility index (Phi) is 2.88. The van der Waals surface area contributed by atoms with Crippen molar-refractivity contribution in [2.45, 2.75) is 0 Å². The molecular weight excluding hydrogens is 279 g/mol. The zero-order valence-electron chi connectivity index (χ0n) is 7.50. The predicted molar refractivity (Wildman–Crippen MR) is 63.0 cm³/mol. The highest BCUT2D eigenvalue weighted by Crippen LogP contribution is 2.27. The summed E-state index contributed by atoms with van der Waals surface area (Å²) < 4.78 is 0.796. The van der Waals surface area contributed by atoms with E-state index in [1.807, 2.05) is 0 Å². The van der Waals surface area contributed by atoms with Crippen molar-refractivity contribution in [2.75, 3.05) is 0 Å². The molecule has 1 N–H and O–H groups in total. The lowest BCUT2D eigenvalue weighted by Crippen LogP contribution is -2.05. The molecule has 0 aliphatic carbocycles. The standard InChI is InChI=1S/C10H6BrClN2O/c11-8-5-6(12)1-2-7(8)10-13-4-3-9(15)14-10/h1-5H,(H,13,14,15). The van der Waals surface area contributed by atoms with Gasteiger partial charge in [0.25, 0.3) is 5.56 Å². The van der Waals surface area contributed by atoms with E-state index in [0.29, 0.717) is 10.8 Å². The van der Waals surface area contributed by atoms with E-state index in [9.17, 15) is 4.79 Å². The van der Waals surface area contributed by atoms with Crippen molar-refractivity contribution in [3.05, 3.63) is 50.3 Å². The van der Waals surface area contributed by atoms with E-state index in [2.05, 4.69) is 25.9 Å². The number of aromatic nitrogens is 2. The van der Waals surface area contributed by atoms with Crippen LogP contribution in [0.25, 0.3) is 11.4 Å². The highest BCUT2D eigenvalue weighted by Gasteiger charge is 2.05. The highest BCUT2D eigenvalue weighted by molar-refractivity contribution is 9.10. The van der Waals surface area contributed by atoms with Crippen molar-refractivity contribution in [1.29, 1.82) is 0 Å². The number of halogens is 2. The maximum absolute atomic E-state index is 11.1. The highest BCUT2D eigenvalue weighted by atomic mass is 79.9. The second-order valence-corrected chi connectivity index (χ2v) is 4.20. The maximum atomic E-state index is 11.1. The number of H-pyrrole nitrogens is 1. The zero-order valence-corrected chi connectivity index (χ0v) is 9.84. The minimum Gasteiger partial charge on any atom is -0.307 e. The minimum atomic E-state index is -0.179. The van der Waals surface area contributed by atoms with Gasteiger partial charge in [-0.15, -0.1) is 0 Å². The Bertz CT molecular complexity index is 553. The molecule has 0 saturated heterocycles. The van der Waals surface area contributed by atoms with Crippen LogP contribution in [0.5, 0.6) is 0 Å². The van der Waals surface area contributed by atoms with E-state index in [1.54, 1.807) is 18.2 Å². The van der Waals surface area contributed by atoms with Gasteiger partial charge in [-0.25, -0.2) is 4.98 Å². The Labute approximate surface area is 99.3 Å². The summed E-state index contributed by atoms with van der Waals surface area (Å²) in [6.45, 7) is 0. The molecule has 1 heterocycles. The molecule has 2 rings (SSSR count). The first-order chi connectivity index (χ1) is 7.16. The van der Waals surface area contributed by atoms with E-state index in [0.717, 1.165) is 10.0 Å². The van der Waals surface area contributed by atoms with Crippen LogP contribution in [0.2, 0.25) is 5.02 Å². The monoisotopic (exact) mass is 284 g/mol. The molecule has 0 amide bonds. The van der Waals surface area contributed by atoms with Crippen molar-refractivity contribution in [2.24, 2.45) is 0 Å². The van der Waals surface area contributed by atoms with E-state index in [-0.39, 0.29) is 5.56 Å². The second kappa shape index (κ2) is 4.16. The van der Waals surface area contributed by atoms with Gasteiger partial charge >= 0.3 is 0 Å². The molecule has 0 radical (unpaired) electrons. The summed E-state index contributed by atoms with van der Waals surface area (Å²) in [6.07, 6.45) is 1.47. The molecule has 0 spiro atoms. The second-order valence-electron chi connectivity index (χ2n) is 2.91. The molecule has 0 aliphatic heterocycles. The lowest BCUT2D eigenvalue weighted by Gasteiger charge is -2.03. The molecule has 2 aromatic rings. The first-order valence-corrected chi connectivity index (χ1v) is 5.34. The Balaban J connectivity index is 2.59. The van der Waals surface area contributed by atoms with Gasteiger partial charge in [-0.1, -0.05) is 11.6 Å². The van der Waals surface area contributed by atoms with Crippen molar-refractivity contribution < 1.29 is 0 Å². The van der Waals surface area contributed by atoms with Crippen LogP contribution in [-0.2, 0) is 0 Å². The van der Waals surface area contributed by atoms with Gasteiger partial charge in [0, 0.05) is 27.3 Å². The van der Waals surface area contributed by atoms with Crippen LogP contribution in [0.3, 0.4) is 0 Å². The number of nitrogens with zero attached hydrogens (tertiary/aromatic N) is 1. The Hall–Kier alpha value is -1.13. The van der Waals surface area contributed by atoms with Crippen molar-refractivity contribution in [1.82, 2.24) is 9.97 Å². The van der Waals surface area contributed by atoms with E-state index in [4.69, 9.17) is 11.6 Å². The fourth-order valence-corrected chi connectivity index (χ4v) is 2.06. The van der Waals surface area contributed by atoms with Crippen LogP contribution >= 0.6 is 27.5 Å². The number of rotatable bonds is 1. The summed E-state index contributed by atoms with van der Waals surface area (Å²) in [5.74, 6) is 0.519. The molecule has 0 bridgehead atoms.